The largest absolute Gasteiger partial charge is 0.383 e. The molecule has 1 aliphatic heterocycles. The zero-order chi connectivity index (χ0) is 18.5. The number of rotatable bonds is 6. The molecule has 1 aliphatic rings. The second-order valence-electron chi connectivity index (χ2n) is 6.66. The van der Waals surface area contributed by atoms with Crippen LogP contribution in [-0.4, -0.2) is 41.1 Å². The smallest absolute Gasteiger partial charge is 0.227 e. The molecule has 1 aromatic carbocycles. The van der Waals surface area contributed by atoms with Crippen molar-refractivity contribution in [1.29, 1.82) is 0 Å². The van der Waals surface area contributed by atoms with Crippen molar-refractivity contribution in [3.05, 3.63) is 47.7 Å². The van der Waals surface area contributed by atoms with Gasteiger partial charge in [-0.15, -0.1) is 0 Å². The van der Waals surface area contributed by atoms with Crippen molar-refractivity contribution in [3.8, 4) is 0 Å². The zero-order valence-corrected chi connectivity index (χ0v) is 15.9. The van der Waals surface area contributed by atoms with Crippen molar-refractivity contribution in [1.82, 2.24) is 15.0 Å². The van der Waals surface area contributed by atoms with Crippen LogP contribution in [0, 0.1) is 0 Å². The van der Waals surface area contributed by atoms with Gasteiger partial charge in [0.15, 0.2) is 0 Å². The first-order valence-corrected chi connectivity index (χ1v) is 9.77. The first-order chi connectivity index (χ1) is 13.3. The maximum atomic E-state index is 6.05. The van der Waals surface area contributed by atoms with Crippen molar-refractivity contribution in [2.24, 2.45) is 0 Å². The zero-order valence-electron chi connectivity index (χ0n) is 15.2. The van der Waals surface area contributed by atoms with Crippen molar-refractivity contribution in [3.63, 3.8) is 0 Å². The Morgan fingerprint density at radius 1 is 0.926 bits per heavy atom. The molecule has 0 radical (unpaired) electrons. The number of halogens is 1. The second kappa shape index (κ2) is 8.39. The lowest BCUT2D eigenvalue weighted by Crippen LogP contribution is -2.31. The highest BCUT2D eigenvalue weighted by Gasteiger charge is 2.13. The van der Waals surface area contributed by atoms with Gasteiger partial charge in [0, 0.05) is 54.7 Å². The lowest BCUT2D eigenvalue weighted by Gasteiger charge is -2.26. The predicted molar refractivity (Wildman–Crippen MR) is 112 cm³/mol. The molecule has 1 fully saturated rings. The number of anilines is 3. The summed E-state index contributed by atoms with van der Waals surface area (Å²) in [5.41, 5.74) is 1.94. The van der Waals surface area contributed by atoms with E-state index in [1.165, 1.54) is 19.3 Å². The molecule has 140 valence electrons. The molecular weight excluding hydrogens is 360 g/mol. The number of hydrogen-bond donors (Lipinski definition) is 2. The minimum atomic E-state index is 0.696. The summed E-state index contributed by atoms with van der Waals surface area (Å²) >= 11 is 6.05. The van der Waals surface area contributed by atoms with Gasteiger partial charge in [0.25, 0.3) is 0 Å². The van der Waals surface area contributed by atoms with E-state index in [4.69, 9.17) is 11.6 Å². The van der Waals surface area contributed by atoms with Gasteiger partial charge in [-0.2, -0.15) is 4.98 Å². The molecule has 7 heteroatoms. The van der Waals surface area contributed by atoms with E-state index in [0.29, 0.717) is 5.02 Å². The van der Waals surface area contributed by atoms with Gasteiger partial charge in [-0.05, 0) is 49.6 Å². The van der Waals surface area contributed by atoms with Crippen LogP contribution in [0.15, 0.2) is 42.7 Å². The maximum absolute atomic E-state index is 6.05. The Morgan fingerprint density at radius 3 is 2.63 bits per heavy atom. The summed E-state index contributed by atoms with van der Waals surface area (Å²) in [6, 6.07) is 9.66. The molecule has 0 saturated carbocycles. The van der Waals surface area contributed by atoms with Gasteiger partial charge in [-0.25, -0.2) is 4.98 Å². The molecule has 2 aromatic heterocycles. The number of pyridine rings is 1. The predicted octanol–water partition coefficient (Wildman–Crippen LogP) is 4.19. The number of nitrogens with zero attached hydrogens (tertiary/aromatic N) is 4. The van der Waals surface area contributed by atoms with Gasteiger partial charge in [0.1, 0.15) is 5.82 Å². The number of nitrogens with one attached hydrogen (secondary N) is 2. The fraction of sp³-hybridized carbons (Fsp3) is 0.350. The summed E-state index contributed by atoms with van der Waals surface area (Å²) in [5, 5.41) is 8.59. The average molecular weight is 383 g/mol. The normalized spacial score (nSPS) is 14.3. The minimum Gasteiger partial charge on any atom is -0.383 e. The Morgan fingerprint density at radius 2 is 1.74 bits per heavy atom. The molecule has 0 bridgehead atoms. The first-order valence-electron chi connectivity index (χ1n) is 9.40. The molecule has 0 amide bonds. The Bertz CT molecular complexity index is 910. The topological polar surface area (TPSA) is 66.0 Å². The summed E-state index contributed by atoms with van der Waals surface area (Å²) < 4.78 is 0. The van der Waals surface area contributed by atoms with Crippen LogP contribution in [0.25, 0.3) is 10.9 Å². The van der Waals surface area contributed by atoms with Crippen LogP contribution in [0.1, 0.15) is 19.3 Å². The third-order valence-corrected chi connectivity index (χ3v) is 4.97. The summed E-state index contributed by atoms with van der Waals surface area (Å²) in [6.07, 6.45) is 7.36. The second-order valence-corrected chi connectivity index (χ2v) is 7.10. The highest BCUT2D eigenvalue weighted by atomic mass is 35.5. The molecule has 6 nitrogen and oxygen atoms in total. The summed E-state index contributed by atoms with van der Waals surface area (Å²) in [5.74, 6) is 1.68. The van der Waals surface area contributed by atoms with E-state index >= 15 is 0 Å². The van der Waals surface area contributed by atoms with Crippen LogP contribution in [0.5, 0.6) is 0 Å². The minimum absolute atomic E-state index is 0.696. The number of benzene rings is 1. The standard InChI is InChI=1S/C20H23ClN6/c21-15-4-5-16-17(6-8-22-18(16)14-15)23-10-11-24-19-7-9-25-20(26-19)27-12-2-1-3-13-27/h4-9,14H,1-3,10-13H2,(H,22,23)(H,24,25,26). The van der Waals surface area contributed by atoms with Gasteiger partial charge >= 0.3 is 0 Å². The quantitative estimate of drug-likeness (QED) is 0.623. The maximum Gasteiger partial charge on any atom is 0.227 e. The van der Waals surface area contributed by atoms with Gasteiger partial charge in [0.2, 0.25) is 5.95 Å². The Kier molecular flexibility index (Phi) is 5.53. The third-order valence-electron chi connectivity index (χ3n) is 4.73. The van der Waals surface area contributed by atoms with Crippen LogP contribution in [0.3, 0.4) is 0 Å². The first kappa shape index (κ1) is 17.8. The number of aromatic nitrogens is 3. The highest BCUT2D eigenvalue weighted by Crippen LogP contribution is 2.24. The molecular formula is C20H23ClN6. The molecule has 0 unspecified atom stereocenters. The van der Waals surface area contributed by atoms with Crippen molar-refractivity contribution in [2.75, 3.05) is 41.7 Å². The Hall–Kier alpha value is -2.60. The van der Waals surface area contributed by atoms with E-state index < -0.39 is 0 Å². The molecule has 0 aliphatic carbocycles. The van der Waals surface area contributed by atoms with Crippen LogP contribution in [0.4, 0.5) is 17.5 Å². The van der Waals surface area contributed by atoms with Crippen molar-refractivity contribution in [2.45, 2.75) is 19.3 Å². The summed E-state index contributed by atoms with van der Waals surface area (Å²) in [7, 11) is 0. The molecule has 4 rings (SSSR count). The SMILES string of the molecule is Clc1ccc2c(NCCNc3ccnc(N4CCCCC4)n3)ccnc2c1. The van der Waals surface area contributed by atoms with Crippen molar-refractivity contribution < 1.29 is 0 Å². The molecule has 2 N–H and O–H groups in total. The van der Waals surface area contributed by atoms with Crippen LogP contribution >= 0.6 is 11.6 Å². The van der Waals surface area contributed by atoms with Crippen LogP contribution < -0.4 is 15.5 Å². The van der Waals surface area contributed by atoms with E-state index in [0.717, 1.165) is 54.5 Å². The molecule has 3 aromatic rings. The summed E-state index contributed by atoms with van der Waals surface area (Å²) in [4.78, 5) is 15.7. The van der Waals surface area contributed by atoms with Crippen LogP contribution in [-0.2, 0) is 0 Å². The van der Waals surface area contributed by atoms with E-state index in [2.05, 4.69) is 30.5 Å². The monoisotopic (exact) mass is 382 g/mol. The number of piperidine rings is 1. The highest BCUT2D eigenvalue weighted by molar-refractivity contribution is 6.31. The Labute approximate surface area is 164 Å². The lowest BCUT2D eigenvalue weighted by molar-refractivity contribution is 0.568. The van der Waals surface area contributed by atoms with E-state index in [-0.39, 0.29) is 0 Å². The number of hydrogen-bond acceptors (Lipinski definition) is 6. The van der Waals surface area contributed by atoms with Gasteiger partial charge < -0.3 is 15.5 Å². The molecule has 3 heterocycles. The van der Waals surface area contributed by atoms with Crippen molar-refractivity contribution >= 4 is 40.0 Å². The molecule has 0 spiro atoms. The third kappa shape index (κ3) is 4.39. The van der Waals surface area contributed by atoms with E-state index in [1.807, 2.05) is 36.5 Å². The van der Waals surface area contributed by atoms with E-state index in [1.54, 1.807) is 6.20 Å². The fourth-order valence-electron chi connectivity index (χ4n) is 3.36. The van der Waals surface area contributed by atoms with Gasteiger partial charge in [-0.3, -0.25) is 4.98 Å². The number of fused-ring (bicyclic) bond motifs is 1. The summed E-state index contributed by atoms with van der Waals surface area (Å²) in [6.45, 7) is 3.62. The van der Waals surface area contributed by atoms with Gasteiger partial charge in [0.05, 0.1) is 5.52 Å². The Balaban J connectivity index is 1.34. The van der Waals surface area contributed by atoms with E-state index in [9.17, 15) is 0 Å². The molecule has 1 saturated heterocycles. The molecule has 27 heavy (non-hydrogen) atoms. The average Bonchev–Trinajstić information content (AvgIpc) is 2.72. The van der Waals surface area contributed by atoms with Crippen LogP contribution in [0.2, 0.25) is 5.02 Å². The fourth-order valence-corrected chi connectivity index (χ4v) is 3.52. The van der Waals surface area contributed by atoms with Gasteiger partial charge in [-0.1, -0.05) is 11.6 Å². The lowest BCUT2D eigenvalue weighted by atomic mass is 10.1. The molecule has 0 atom stereocenters.